The molecule has 1 amide bonds. The van der Waals surface area contributed by atoms with Gasteiger partial charge in [0.2, 0.25) is 0 Å². The highest BCUT2D eigenvalue weighted by atomic mass is 16.4. The number of aliphatic carboxylic acids is 1. The highest BCUT2D eigenvalue weighted by Crippen LogP contribution is 2.29. The number of nitrogens with one attached hydrogen (secondary N) is 1. The standard InChI is InChI=1S/C17H22N2O4/c1-9-6-7-19(12(8-9)17(22)23)16(21)15-10(2)14-11(18-15)4-3-5-13(14)20/h9,12,18H,3-8H2,1-2H3,(H,22,23). The molecule has 2 N–H and O–H groups in total. The van der Waals surface area contributed by atoms with Gasteiger partial charge in [0.15, 0.2) is 5.78 Å². The topological polar surface area (TPSA) is 90.5 Å². The normalized spacial score (nSPS) is 24.4. The second-order valence-corrected chi connectivity index (χ2v) is 6.74. The third kappa shape index (κ3) is 2.66. The van der Waals surface area contributed by atoms with Crippen molar-refractivity contribution in [1.29, 1.82) is 0 Å². The van der Waals surface area contributed by atoms with Gasteiger partial charge in [0.1, 0.15) is 11.7 Å². The molecule has 2 aliphatic rings. The number of aromatic nitrogens is 1. The molecule has 0 spiro atoms. The van der Waals surface area contributed by atoms with Gasteiger partial charge < -0.3 is 15.0 Å². The number of H-pyrrole nitrogens is 1. The lowest BCUT2D eigenvalue weighted by Gasteiger charge is -2.35. The maximum Gasteiger partial charge on any atom is 0.326 e. The summed E-state index contributed by atoms with van der Waals surface area (Å²) in [6.07, 6.45) is 3.33. The zero-order chi connectivity index (χ0) is 16.7. The monoisotopic (exact) mass is 318 g/mol. The van der Waals surface area contributed by atoms with E-state index in [1.54, 1.807) is 6.92 Å². The largest absolute Gasteiger partial charge is 0.480 e. The molecule has 3 rings (SSSR count). The molecule has 2 unspecified atom stereocenters. The molecular formula is C17H22N2O4. The molecule has 1 fully saturated rings. The SMILES string of the molecule is Cc1c(C(=O)N2CCC(C)CC2C(=O)O)[nH]c2c1C(=O)CCC2. The van der Waals surface area contributed by atoms with E-state index in [1.165, 1.54) is 4.90 Å². The average molecular weight is 318 g/mol. The summed E-state index contributed by atoms with van der Waals surface area (Å²) >= 11 is 0. The number of fused-ring (bicyclic) bond motifs is 1. The highest BCUT2D eigenvalue weighted by Gasteiger charge is 2.37. The number of amides is 1. The first-order valence-corrected chi connectivity index (χ1v) is 8.18. The van der Waals surface area contributed by atoms with Gasteiger partial charge in [-0.1, -0.05) is 6.92 Å². The summed E-state index contributed by atoms with van der Waals surface area (Å²) in [6, 6.07) is -0.790. The molecule has 0 radical (unpaired) electrons. The molecule has 23 heavy (non-hydrogen) atoms. The van der Waals surface area contributed by atoms with Crippen LogP contribution >= 0.6 is 0 Å². The van der Waals surface area contributed by atoms with Crippen LogP contribution in [0.4, 0.5) is 0 Å². The maximum absolute atomic E-state index is 12.9. The second-order valence-electron chi connectivity index (χ2n) is 6.74. The number of aromatic amines is 1. The zero-order valence-electron chi connectivity index (χ0n) is 13.5. The molecule has 1 aliphatic heterocycles. The Labute approximate surface area is 134 Å². The number of piperidine rings is 1. The molecule has 1 saturated heterocycles. The number of Topliss-reactive ketones (excluding diaryl/α,β-unsaturated/α-hetero) is 1. The summed E-state index contributed by atoms with van der Waals surface area (Å²) in [5.41, 5.74) is 2.50. The van der Waals surface area contributed by atoms with Gasteiger partial charge in [-0.25, -0.2) is 4.79 Å². The van der Waals surface area contributed by atoms with Crippen LogP contribution in [0.1, 0.15) is 64.7 Å². The van der Waals surface area contributed by atoms with E-state index in [4.69, 9.17) is 0 Å². The van der Waals surface area contributed by atoms with Gasteiger partial charge in [0.25, 0.3) is 5.91 Å². The van der Waals surface area contributed by atoms with Gasteiger partial charge in [-0.05, 0) is 44.1 Å². The number of hydrogen-bond donors (Lipinski definition) is 2. The number of carbonyl (C=O) groups is 3. The Kier molecular flexibility index (Phi) is 4.00. The summed E-state index contributed by atoms with van der Waals surface area (Å²) < 4.78 is 0. The van der Waals surface area contributed by atoms with Crippen molar-refractivity contribution in [3.05, 3.63) is 22.5 Å². The highest BCUT2D eigenvalue weighted by molar-refractivity contribution is 6.04. The number of nitrogens with zero attached hydrogens (tertiary/aromatic N) is 1. The van der Waals surface area contributed by atoms with Crippen molar-refractivity contribution < 1.29 is 19.5 Å². The van der Waals surface area contributed by atoms with Crippen LogP contribution in [0.15, 0.2) is 0 Å². The van der Waals surface area contributed by atoms with Gasteiger partial charge >= 0.3 is 5.97 Å². The fraction of sp³-hybridized carbons (Fsp3) is 0.588. The van der Waals surface area contributed by atoms with Crippen molar-refractivity contribution in [1.82, 2.24) is 9.88 Å². The Morgan fingerprint density at radius 2 is 2.04 bits per heavy atom. The van der Waals surface area contributed by atoms with Crippen LogP contribution in [-0.4, -0.2) is 45.2 Å². The van der Waals surface area contributed by atoms with E-state index in [0.29, 0.717) is 42.1 Å². The molecule has 2 atom stereocenters. The molecule has 1 aliphatic carbocycles. The second kappa shape index (κ2) is 5.83. The Balaban J connectivity index is 1.94. The molecule has 124 valence electrons. The minimum atomic E-state index is -0.963. The van der Waals surface area contributed by atoms with Crippen LogP contribution in [0.5, 0.6) is 0 Å². The zero-order valence-corrected chi connectivity index (χ0v) is 13.5. The quantitative estimate of drug-likeness (QED) is 0.874. The van der Waals surface area contributed by atoms with E-state index in [-0.39, 0.29) is 11.7 Å². The Morgan fingerprint density at radius 3 is 2.70 bits per heavy atom. The van der Waals surface area contributed by atoms with Gasteiger partial charge in [0.05, 0.1) is 0 Å². The van der Waals surface area contributed by atoms with Crippen molar-refractivity contribution >= 4 is 17.7 Å². The Morgan fingerprint density at radius 1 is 1.30 bits per heavy atom. The van der Waals surface area contributed by atoms with E-state index in [2.05, 4.69) is 4.98 Å². The third-order valence-electron chi connectivity index (χ3n) is 5.06. The van der Waals surface area contributed by atoms with Crippen LogP contribution < -0.4 is 0 Å². The number of carbonyl (C=O) groups excluding carboxylic acids is 2. The first kappa shape index (κ1) is 15.8. The molecule has 1 aromatic rings. The van der Waals surface area contributed by atoms with Gasteiger partial charge in [-0.2, -0.15) is 0 Å². The molecule has 0 saturated carbocycles. The van der Waals surface area contributed by atoms with Gasteiger partial charge in [-0.15, -0.1) is 0 Å². The first-order chi connectivity index (χ1) is 10.9. The van der Waals surface area contributed by atoms with Crippen LogP contribution in [-0.2, 0) is 11.2 Å². The number of rotatable bonds is 2. The van der Waals surface area contributed by atoms with E-state index < -0.39 is 12.0 Å². The summed E-state index contributed by atoms with van der Waals surface area (Å²) in [7, 11) is 0. The van der Waals surface area contributed by atoms with Crippen molar-refractivity contribution in [3.63, 3.8) is 0 Å². The number of hydrogen-bond acceptors (Lipinski definition) is 3. The predicted octanol–water partition coefficient (Wildman–Crippen LogP) is 2.17. The van der Waals surface area contributed by atoms with Crippen LogP contribution in [0.25, 0.3) is 0 Å². The fourth-order valence-corrected chi connectivity index (χ4v) is 3.75. The molecular weight excluding hydrogens is 296 g/mol. The van der Waals surface area contributed by atoms with Crippen LogP contribution in [0.3, 0.4) is 0 Å². The lowest BCUT2D eigenvalue weighted by atomic mass is 9.91. The number of likely N-dealkylation sites (tertiary alicyclic amines) is 1. The average Bonchev–Trinajstić information content (AvgIpc) is 2.85. The number of carboxylic acids is 1. The maximum atomic E-state index is 12.9. The van der Waals surface area contributed by atoms with E-state index in [0.717, 1.165) is 25.0 Å². The summed E-state index contributed by atoms with van der Waals surface area (Å²) in [5, 5.41) is 9.44. The van der Waals surface area contributed by atoms with Crippen LogP contribution in [0.2, 0.25) is 0 Å². The smallest absolute Gasteiger partial charge is 0.326 e. The predicted molar refractivity (Wildman–Crippen MR) is 83.7 cm³/mol. The fourth-order valence-electron chi connectivity index (χ4n) is 3.75. The lowest BCUT2D eigenvalue weighted by molar-refractivity contribution is -0.144. The molecule has 6 heteroatoms. The summed E-state index contributed by atoms with van der Waals surface area (Å²) in [4.78, 5) is 41.0. The van der Waals surface area contributed by atoms with Crippen molar-refractivity contribution in [3.8, 4) is 0 Å². The molecule has 2 heterocycles. The van der Waals surface area contributed by atoms with Crippen molar-refractivity contribution in [2.24, 2.45) is 5.92 Å². The van der Waals surface area contributed by atoms with E-state index in [9.17, 15) is 19.5 Å². The van der Waals surface area contributed by atoms with E-state index >= 15 is 0 Å². The van der Waals surface area contributed by atoms with Gasteiger partial charge in [0, 0.05) is 24.2 Å². The Bertz CT molecular complexity index is 676. The minimum absolute atomic E-state index is 0.0705. The molecule has 0 aromatic carbocycles. The first-order valence-electron chi connectivity index (χ1n) is 8.18. The van der Waals surface area contributed by atoms with Crippen molar-refractivity contribution in [2.75, 3.05) is 6.54 Å². The van der Waals surface area contributed by atoms with E-state index in [1.807, 2.05) is 6.92 Å². The molecule has 1 aromatic heterocycles. The molecule has 0 bridgehead atoms. The summed E-state index contributed by atoms with van der Waals surface area (Å²) in [5.74, 6) is -0.903. The third-order valence-corrected chi connectivity index (χ3v) is 5.06. The lowest BCUT2D eigenvalue weighted by Crippen LogP contribution is -2.50. The summed E-state index contributed by atoms with van der Waals surface area (Å²) in [6.45, 7) is 4.22. The van der Waals surface area contributed by atoms with Crippen LogP contribution in [0, 0.1) is 12.8 Å². The molecule has 6 nitrogen and oxygen atoms in total. The van der Waals surface area contributed by atoms with Gasteiger partial charge in [-0.3, -0.25) is 9.59 Å². The number of aryl methyl sites for hydroxylation is 1. The number of ketones is 1. The van der Waals surface area contributed by atoms with Crippen molar-refractivity contribution in [2.45, 2.75) is 52.0 Å². The number of carboxylic acid groups (broad SMARTS) is 1. The minimum Gasteiger partial charge on any atom is -0.480 e. The Hall–Kier alpha value is -2.11.